The summed E-state index contributed by atoms with van der Waals surface area (Å²) in [5.41, 5.74) is 1.39. The minimum Gasteiger partial charge on any atom is -0.481 e. The number of pyridine rings is 1. The summed E-state index contributed by atoms with van der Waals surface area (Å²) in [6, 6.07) is 10.9. The van der Waals surface area contributed by atoms with E-state index in [1.165, 1.54) is 30.0 Å². The Bertz CT molecular complexity index is 914. The second-order valence-corrected chi connectivity index (χ2v) is 8.05. The van der Waals surface area contributed by atoms with Crippen LogP contribution >= 0.6 is 39.9 Å². The Labute approximate surface area is 174 Å². The summed E-state index contributed by atoms with van der Waals surface area (Å²) in [5, 5.41) is 2.69. The molecule has 1 fully saturated rings. The van der Waals surface area contributed by atoms with Gasteiger partial charge in [0.2, 0.25) is 11.8 Å². The van der Waals surface area contributed by atoms with Crippen molar-refractivity contribution in [1.29, 1.82) is 0 Å². The van der Waals surface area contributed by atoms with Gasteiger partial charge in [0.15, 0.2) is 0 Å². The lowest BCUT2D eigenvalue weighted by molar-refractivity contribution is -0.126. The first-order valence-corrected chi connectivity index (χ1v) is 9.79. The lowest BCUT2D eigenvalue weighted by Crippen LogP contribution is -2.36. The Kier molecular flexibility index (Phi) is 6.25. The van der Waals surface area contributed by atoms with Gasteiger partial charge in [0, 0.05) is 10.5 Å². The van der Waals surface area contributed by atoms with Crippen LogP contribution in [0.15, 0.2) is 52.0 Å². The highest BCUT2D eigenvalue weighted by atomic mass is 79.9. The largest absolute Gasteiger partial charge is 0.481 e. The highest BCUT2D eigenvalue weighted by Gasteiger charge is 2.33. The number of hydrogen-bond donors (Lipinski definition) is 1. The molecular weight excluding hydrogens is 450 g/mol. The number of thiocarbonyl (C=S) groups is 1. The standard InChI is InChI=1S/C18H14BrN3O3S2/c1-25-16-7-6-13(9-20-16)21-15(23)10-22-17(24)14(27-18(22)26)8-11-2-4-12(19)5-3-11/h2-9H,10H2,1H3,(H,21,23)/b14-8-. The van der Waals surface area contributed by atoms with E-state index in [1.807, 2.05) is 24.3 Å². The molecule has 0 aliphatic carbocycles. The minimum absolute atomic E-state index is 0.158. The van der Waals surface area contributed by atoms with Crippen LogP contribution in [0.5, 0.6) is 5.88 Å². The number of thioether (sulfide) groups is 1. The zero-order chi connectivity index (χ0) is 19.4. The molecule has 138 valence electrons. The molecule has 1 N–H and O–H groups in total. The van der Waals surface area contributed by atoms with Gasteiger partial charge < -0.3 is 10.1 Å². The van der Waals surface area contributed by atoms with Gasteiger partial charge in [-0.15, -0.1) is 0 Å². The average molecular weight is 464 g/mol. The van der Waals surface area contributed by atoms with E-state index in [-0.39, 0.29) is 18.4 Å². The highest BCUT2D eigenvalue weighted by molar-refractivity contribution is 9.10. The number of amides is 2. The summed E-state index contributed by atoms with van der Waals surface area (Å²) < 4.78 is 6.28. The number of nitrogens with zero attached hydrogens (tertiary/aromatic N) is 2. The van der Waals surface area contributed by atoms with E-state index < -0.39 is 0 Å². The maximum Gasteiger partial charge on any atom is 0.266 e. The van der Waals surface area contributed by atoms with Crippen molar-refractivity contribution in [2.24, 2.45) is 0 Å². The molecule has 1 saturated heterocycles. The fourth-order valence-electron chi connectivity index (χ4n) is 2.27. The van der Waals surface area contributed by atoms with Crippen molar-refractivity contribution in [3.8, 4) is 5.88 Å². The zero-order valence-electron chi connectivity index (χ0n) is 14.1. The Morgan fingerprint density at radius 3 is 2.70 bits per heavy atom. The van der Waals surface area contributed by atoms with Gasteiger partial charge >= 0.3 is 0 Å². The molecule has 9 heteroatoms. The van der Waals surface area contributed by atoms with Crippen LogP contribution in [0.2, 0.25) is 0 Å². The summed E-state index contributed by atoms with van der Waals surface area (Å²) in [5.74, 6) is -0.192. The van der Waals surface area contributed by atoms with Crippen LogP contribution in [-0.2, 0) is 9.59 Å². The molecule has 1 aliphatic rings. The summed E-state index contributed by atoms with van der Waals surface area (Å²) in [6.07, 6.45) is 3.24. The van der Waals surface area contributed by atoms with E-state index in [0.29, 0.717) is 20.8 Å². The molecule has 1 aromatic heterocycles. The molecule has 2 amide bonds. The van der Waals surface area contributed by atoms with Gasteiger partial charge in [-0.3, -0.25) is 14.5 Å². The smallest absolute Gasteiger partial charge is 0.266 e. The second kappa shape index (κ2) is 8.64. The molecule has 0 bridgehead atoms. The Morgan fingerprint density at radius 2 is 2.07 bits per heavy atom. The van der Waals surface area contributed by atoms with Crippen LogP contribution in [0, 0.1) is 0 Å². The fourth-order valence-corrected chi connectivity index (χ4v) is 3.79. The lowest BCUT2D eigenvalue weighted by atomic mass is 10.2. The fraction of sp³-hybridized carbons (Fsp3) is 0.111. The van der Waals surface area contributed by atoms with Crippen molar-refractivity contribution in [3.05, 3.63) is 57.5 Å². The van der Waals surface area contributed by atoms with Crippen LogP contribution in [0.1, 0.15) is 5.56 Å². The number of halogens is 1. The minimum atomic E-state index is -0.358. The Hall–Kier alpha value is -2.23. The first-order chi connectivity index (χ1) is 13.0. The number of hydrogen-bond acceptors (Lipinski definition) is 6. The topological polar surface area (TPSA) is 71.5 Å². The van der Waals surface area contributed by atoms with Crippen molar-refractivity contribution < 1.29 is 14.3 Å². The first-order valence-electron chi connectivity index (χ1n) is 7.77. The molecule has 6 nitrogen and oxygen atoms in total. The Morgan fingerprint density at radius 1 is 1.33 bits per heavy atom. The average Bonchev–Trinajstić information content (AvgIpc) is 2.91. The normalized spacial score (nSPS) is 15.3. The van der Waals surface area contributed by atoms with Crippen molar-refractivity contribution in [2.45, 2.75) is 0 Å². The number of methoxy groups -OCH3 is 1. The first kappa shape index (κ1) is 19.5. The predicted molar refractivity (Wildman–Crippen MR) is 113 cm³/mol. The molecular formula is C18H14BrN3O3S2. The van der Waals surface area contributed by atoms with Crippen molar-refractivity contribution in [1.82, 2.24) is 9.88 Å². The van der Waals surface area contributed by atoms with E-state index in [9.17, 15) is 9.59 Å². The van der Waals surface area contributed by atoms with Gasteiger partial charge in [-0.25, -0.2) is 4.98 Å². The van der Waals surface area contributed by atoms with Crippen molar-refractivity contribution >= 4 is 67.8 Å². The number of rotatable bonds is 5. The molecule has 0 radical (unpaired) electrons. The lowest BCUT2D eigenvalue weighted by Gasteiger charge is -2.14. The van der Waals surface area contributed by atoms with Crippen molar-refractivity contribution in [2.75, 3.05) is 19.0 Å². The zero-order valence-corrected chi connectivity index (χ0v) is 17.4. The van der Waals surface area contributed by atoms with E-state index in [0.717, 1.165) is 10.0 Å². The molecule has 1 aromatic carbocycles. The van der Waals surface area contributed by atoms with Crippen LogP contribution in [0.3, 0.4) is 0 Å². The Balaban J connectivity index is 1.65. The highest BCUT2D eigenvalue weighted by Crippen LogP contribution is 2.32. The van der Waals surface area contributed by atoms with Gasteiger partial charge in [-0.2, -0.15) is 0 Å². The van der Waals surface area contributed by atoms with Crippen LogP contribution in [-0.4, -0.2) is 39.7 Å². The molecule has 2 heterocycles. The predicted octanol–water partition coefficient (Wildman–Crippen LogP) is 3.69. The number of benzene rings is 1. The summed E-state index contributed by atoms with van der Waals surface area (Å²) in [6.45, 7) is -0.158. The van der Waals surface area contributed by atoms with Crippen LogP contribution in [0.4, 0.5) is 5.69 Å². The van der Waals surface area contributed by atoms with Gasteiger partial charge in [-0.1, -0.05) is 52.0 Å². The molecule has 2 aromatic rings. The molecule has 0 saturated carbocycles. The van der Waals surface area contributed by atoms with Gasteiger partial charge in [0.05, 0.1) is 23.9 Å². The molecule has 0 unspecified atom stereocenters. The molecule has 0 spiro atoms. The third-order valence-corrected chi connectivity index (χ3v) is 5.48. The number of anilines is 1. The quantitative estimate of drug-likeness (QED) is 0.538. The number of carbonyl (C=O) groups excluding carboxylic acids is 2. The van der Waals surface area contributed by atoms with E-state index in [1.54, 1.807) is 18.2 Å². The molecule has 3 rings (SSSR count). The molecule has 0 atom stereocenters. The van der Waals surface area contributed by atoms with Crippen molar-refractivity contribution in [3.63, 3.8) is 0 Å². The maximum absolute atomic E-state index is 12.6. The van der Waals surface area contributed by atoms with E-state index in [4.69, 9.17) is 17.0 Å². The third-order valence-electron chi connectivity index (χ3n) is 3.57. The monoisotopic (exact) mass is 463 g/mol. The van der Waals surface area contributed by atoms with E-state index in [2.05, 4.69) is 26.2 Å². The van der Waals surface area contributed by atoms with Gasteiger partial charge in [-0.05, 0) is 29.8 Å². The maximum atomic E-state index is 12.6. The summed E-state index contributed by atoms with van der Waals surface area (Å²) >= 11 is 9.81. The number of aromatic nitrogens is 1. The number of carbonyl (C=O) groups is 2. The van der Waals surface area contributed by atoms with Crippen LogP contribution < -0.4 is 10.1 Å². The number of nitrogens with one attached hydrogen (secondary N) is 1. The number of ether oxygens (including phenoxy) is 1. The molecule has 27 heavy (non-hydrogen) atoms. The summed E-state index contributed by atoms with van der Waals surface area (Å²) in [7, 11) is 1.51. The SMILES string of the molecule is COc1ccc(NC(=O)CN2C(=O)/C(=C/c3ccc(Br)cc3)SC2=S)cn1. The second-order valence-electron chi connectivity index (χ2n) is 5.46. The van der Waals surface area contributed by atoms with Crippen LogP contribution in [0.25, 0.3) is 6.08 Å². The van der Waals surface area contributed by atoms with Gasteiger partial charge in [0.25, 0.3) is 5.91 Å². The third kappa shape index (κ3) is 4.94. The molecule has 1 aliphatic heterocycles. The summed E-state index contributed by atoms with van der Waals surface area (Å²) in [4.78, 5) is 30.6. The van der Waals surface area contributed by atoms with E-state index >= 15 is 0 Å². The van der Waals surface area contributed by atoms with Gasteiger partial charge in [0.1, 0.15) is 10.9 Å².